The molecule has 1 aliphatic rings. The average molecular weight is 313 g/mol. The Morgan fingerprint density at radius 3 is 2.61 bits per heavy atom. The van der Waals surface area contributed by atoms with Gasteiger partial charge < -0.3 is 15.6 Å². The van der Waals surface area contributed by atoms with Gasteiger partial charge in [-0.1, -0.05) is 0 Å². The van der Waals surface area contributed by atoms with Crippen molar-refractivity contribution < 1.29 is 9.59 Å². The number of hydrogen-bond acceptors (Lipinski definition) is 2. The van der Waals surface area contributed by atoms with Crippen LogP contribution in [0.2, 0.25) is 0 Å². The number of fused-ring (bicyclic) bond motifs is 1. The molecule has 2 amide bonds. The molecule has 2 heterocycles. The third-order valence-corrected chi connectivity index (χ3v) is 4.95. The van der Waals surface area contributed by atoms with E-state index >= 15 is 0 Å². The van der Waals surface area contributed by atoms with Crippen molar-refractivity contribution in [1.29, 1.82) is 0 Å². The van der Waals surface area contributed by atoms with Crippen LogP contribution in [0.4, 0.5) is 0 Å². The molecule has 1 fully saturated rings. The molecule has 0 bridgehead atoms. The lowest BCUT2D eigenvalue weighted by Gasteiger charge is -2.31. The number of rotatable bonds is 3. The Morgan fingerprint density at radius 2 is 1.96 bits per heavy atom. The molecule has 5 heteroatoms. The summed E-state index contributed by atoms with van der Waals surface area (Å²) in [6, 6.07) is 5.84. The first-order valence-electron chi connectivity index (χ1n) is 8.12. The summed E-state index contributed by atoms with van der Waals surface area (Å²) in [5.41, 5.74) is 9.38. The van der Waals surface area contributed by atoms with Crippen LogP contribution in [0.25, 0.3) is 10.9 Å². The van der Waals surface area contributed by atoms with Gasteiger partial charge in [0.2, 0.25) is 5.91 Å². The highest BCUT2D eigenvalue weighted by Gasteiger charge is 2.24. The van der Waals surface area contributed by atoms with E-state index in [4.69, 9.17) is 5.73 Å². The molecule has 1 saturated heterocycles. The number of likely N-dealkylation sites (tertiary alicyclic amines) is 1. The van der Waals surface area contributed by atoms with Crippen LogP contribution in [-0.4, -0.2) is 34.8 Å². The molecule has 0 unspecified atom stereocenters. The van der Waals surface area contributed by atoms with Gasteiger partial charge in [0.05, 0.1) is 0 Å². The van der Waals surface area contributed by atoms with E-state index in [-0.39, 0.29) is 11.8 Å². The van der Waals surface area contributed by atoms with E-state index in [1.807, 2.05) is 30.0 Å². The van der Waals surface area contributed by atoms with Crippen molar-refractivity contribution in [2.24, 2.45) is 11.7 Å². The summed E-state index contributed by atoms with van der Waals surface area (Å²) in [4.78, 5) is 28.9. The summed E-state index contributed by atoms with van der Waals surface area (Å²) >= 11 is 0. The zero-order valence-electron chi connectivity index (χ0n) is 13.7. The molecule has 3 N–H and O–H groups in total. The standard InChI is InChI=1S/C18H23N3O2/c1-11-12(2)20-16-4-3-14(10-15(11)16)18(23)21-7-5-13(6-8-21)9-17(19)22/h3-4,10,13,20H,5-9H2,1-2H3,(H2,19,22). The number of aryl methyl sites for hydroxylation is 2. The number of nitrogens with zero attached hydrogens (tertiary/aromatic N) is 1. The van der Waals surface area contributed by atoms with Crippen LogP contribution in [0.3, 0.4) is 0 Å². The Hall–Kier alpha value is -2.30. The van der Waals surface area contributed by atoms with Gasteiger partial charge in [0.25, 0.3) is 5.91 Å². The zero-order chi connectivity index (χ0) is 16.6. The first-order valence-corrected chi connectivity index (χ1v) is 8.12. The van der Waals surface area contributed by atoms with Crippen molar-refractivity contribution >= 4 is 22.7 Å². The fraction of sp³-hybridized carbons (Fsp3) is 0.444. The molecule has 23 heavy (non-hydrogen) atoms. The van der Waals surface area contributed by atoms with Crippen LogP contribution in [-0.2, 0) is 4.79 Å². The molecule has 0 spiro atoms. The van der Waals surface area contributed by atoms with Gasteiger partial charge in [0.15, 0.2) is 0 Å². The van der Waals surface area contributed by atoms with Crippen LogP contribution < -0.4 is 5.73 Å². The first-order chi connectivity index (χ1) is 11.0. The van der Waals surface area contributed by atoms with Crippen molar-refractivity contribution in [1.82, 2.24) is 9.88 Å². The molecule has 0 radical (unpaired) electrons. The third-order valence-electron chi connectivity index (χ3n) is 4.95. The molecule has 0 atom stereocenters. The summed E-state index contributed by atoms with van der Waals surface area (Å²) in [6.45, 7) is 5.50. The van der Waals surface area contributed by atoms with Gasteiger partial charge in [0.1, 0.15) is 0 Å². The van der Waals surface area contributed by atoms with Crippen LogP contribution in [0, 0.1) is 19.8 Å². The van der Waals surface area contributed by atoms with Crippen molar-refractivity contribution in [3.63, 3.8) is 0 Å². The minimum atomic E-state index is -0.251. The lowest BCUT2D eigenvalue weighted by Crippen LogP contribution is -2.39. The van der Waals surface area contributed by atoms with Crippen molar-refractivity contribution in [3.05, 3.63) is 35.0 Å². The second kappa shape index (κ2) is 6.07. The monoisotopic (exact) mass is 313 g/mol. The number of hydrogen-bond donors (Lipinski definition) is 2. The number of benzene rings is 1. The van der Waals surface area contributed by atoms with E-state index in [1.165, 1.54) is 5.56 Å². The summed E-state index contributed by atoms with van der Waals surface area (Å²) < 4.78 is 0. The van der Waals surface area contributed by atoms with Crippen LogP contribution >= 0.6 is 0 Å². The summed E-state index contributed by atoms with van der Waals surface area (Å²) in [5.74, 6) is 0.134. The predicted molar refractivity (Wildman–Crippen MR) is 90.2 cm³/mol. The van der Waals surface area contributed by atoms with Gasteiger partial charge in [-0.05, 0) is 56.4 Å². The summed E-state index contributed by atoms with van der Waals surface area (Å²) in [7, 11) is 0. The van der Waals surface area contributed by atoms with Crippen molar-refractivity contribution in [2.75, 3.05) is 13.1 Å². The number of aromatic nitrogens is 1. The number of piperidine rings is 1. The second-order valence-corrected chi connectivity index (χ2v) is 6.54. The SMILES string of the molecule is Cc1[nH]c2ccc(C(=O)N3CCC(CC(N)=O)CC3)cc2c1C. The first kappa shape index (κ1) is 15.6. The van der Waals surface area contributed by atoms with Crippen molar-refractivity contribution in [2.45, 2.75) is 33.1 Å². The van der Waals surface area contributed by atoms with E-state index in [2.05, 4.69) is 11.9 Å². The fourth-order valence-electron chi connectivity index (χ4n) is 3.40. The molecule has 122 valence electrons. The average Bonchev–Trinajstić information content (AvgIpc) is 2.81. The maximum atomic E-state index is 12.7. The molecule has 3 rings (SSSR count). The van der Waals surface area contributed by atoms with E-state index in [1.54, 1.807) is 0 Å². The predicted octanol–water partition coefficient (Wildman–Crippen LogP) is 2.51. The van der Waals surface area contributed by atoms with E-state index in [9.17, 15) is 9.59 Å². The Bertz CT molecular complexity index is 755. The maximum Gasteiger partial charge on any atom is 0.253 e. The number of carbonyl (C=O) groups is 2. The molecule has 1 aromatic heterocycles. The molecule has 0 aliphatic carbocycles. The molecule has 0 saturated carbocycles. The van der Waals surface area contributed by atoms with E-state index in [0.29, 0.717) is 25.4 Å². The third kappa shape index (κ3) is 3.09. The molecule has 1 aliphatic heterocycles. The van der Waals surface area contributed by atoms with Gasteiger partial charge in [-0.25, -0.2) is 0 Å². The number of nitrogens with one attached hydrogen (secondary N) is 1. The van der Waals surface area contributed by atoms with Gasteiger partial charge in [-0.2, -0.15) is 0 Å². The lowest BCUT2D eigenvalue weighted by molar-refractivity contribution is -0.119. The van der Waals surface area contributed by atoms with E-state index < -0.39 is 0 Å². The van der Waals surface area contributed by atoms with Gasteiger partial charge in [-0.3, -0.25) is 9.59 Å². The molecular formula is C18H23N3O2. The van der Waals surface area contributed by atoms with Crippen LogP contribution in [0.1, 0.15) is 40.9 Å². The fourth-order valence-corrected chi connectivity index (χ4v) is 3.40. The molecular weight excluding hydrogens is 290 g/mol. The number of aromatic amines is 1. The number of amides is 2. The Kier molecular flexibility index (Phi) is 4.11. The topological polar surface area (TPSA) is 79.2 Å². The van der Waals surface area contributed by atoms with Crippen molar-refractivity contribution in [3.8, 4) is 0 Å². The lowest BCUT2D eigenvalue weighted by atomic mass is 9.93. The van der Waals surface area contributed by atoms with Crippen LogP contribution in [0.5, 0.6) is 0 Å². The Morgan fingerprint density at radius 1 is 1.26 bits per heavy atom. The normalized spacial score (nSPS) is 16.0. The minimum Gasteiger partial charge on any atom is -0.370 e. The smallest absolute Gasteiger partial charge is 0.253 e. The highest BCUT2D eigenvalue weighted by atomic mass is 16.2. The molecule has 1 aromatic carbocycles. The second-order valence-electron chi connectivity index (χ2n) is 6.54. The quantitative estimate of drug-likeness (QED) is 0.913. The van der Waals surface area contributed by atoms with E-state index in [0.717, 1.165) is 35.0 Å². The van der Waals surface area contributed by atoms with Crippen LogP contribution in [0.15, 0.2) is 18.2 Å². The Labute approximate surface area is 135 Å². The summed E-state index contributed by atoms with van der Waals surface area (Å²) in [6.07, 6.45) is 2.12. The molecule has 2 aromatic rings. The van der Waals surface area contributed by atoms with Gasteiger partial charge in [-0.15, -0.1) is 0 Å². The molecule has 5 nitrogen and oxygen atoms in total. The minimum absolute atomic E-state index is 0.0719. The highest BCUT2D eigenvalue weighted by Crippen LogP contribution is 2.25. The van der Waals surface area contributed by atoms with Gasteiger partial charge in [0, 0.05) is 41.7 Å². The Balaban J connectivity index is 1.74. The van der Waals surface area contributed by atoms with Gasteiger partial charge >= 0.3 is 0 Å². The largest absolute Gasteiger partial charge is 0.370 e. The highest BCUT2D eigenvalue weighted by molar-refractivity contribution is 5.99. The number of carbonyl (C=O) groups excluding carboxylic acids is 2. The summed E-state index contributed by atoms with van der Waals surface area (Å²) in [5, 5.41) is 1.11. The number of nitrogens with two attached hydrogens (primary N) is 1. The number of H-pyrrole nitrogens is 1. The maximum absolute atomic E-state index is 12.7. The number of primary amides is 1. The zero-order valence-corrected chi connectivity index (χ0v) is 13.7.